The summed E-state index contributed by atoms with van der Waals surface area (Å²) < 4.78 is 0. The van der Waals surface area contributed by atoms with Crippen molar-refractivity contribution in [3.8, 4) is 0 Å². The number of para-hydroxylation sites is 1. The SMILES string of the molecule is C/C(C(=O)O)=C(/C)C(=CNc1c(Cl)cccc1Cl)C(=O)O. The second-order valence-electron chi connectivity index (χ2n) is 4.16. The number of rotatable bonds is 5. The molecule has 0 fully saturated rings. The molecule has 21 heavy (non-hydrogen) atoms. The van der Waals surface area contributed by atoms with Crippen LogP contribution in [0.25, 0.3) is 0 Å². The molecule has 1 aromatic rings. The maximum absolute atomic E-state index is 11.3. The first-order valence-electron chi connectivity index (χ1n) is 5.80. The summed E-state index contributed by atoms with van der Waals surface area (Å²) in [5, 5.41) is 21.4. The van der Waals surface area contributed by atoms with Gasteiger partial charge in [-0.2, -0.15) is 0 Å². The van der Waals surface area contributed by atoms with Crippen molar-refractivity contribution in [1.29, 1.82) is 0 Å². The van der Waals surface area contributed by atoms with Crippen molar-refractivity contribution >= 4 is 40.8 Å². The quantitative estimate of drug-likeness (QED) is 0.565. The third-order valence-corrected chi connectivity index (χ3v) is 3.47. The molecule has 0 aliphatic heterocycles. The minimum absolute atomic E-state index is 0.0595. The Morgan fingerprint density at radius 3 is 2.00 bits per heavy atom. The van der Waals surface area contributed by atoms with E-state index in [2.05, 4.69) is 5.32 Å². The molecule has 0 aliphatic rings. The lowest BCUT2D eigenvalue weighted by molar-refractivity contribution is -0.132. The second-order valence-corrected chi connectivity index (χ2v) is 4.97. The van der Waals surface area contributed by atoms with Gasteiger partial charge in [-0.1, -0.05) is 29.3 Å². The number of aliphatic carboxylic acids is 2. The number of carboxylic acids is 2. The van der Waals surface area contributed by atoms with E-state index in [1.54, 1.807) is 18.2 Å². The van der Waals surface area contributed by atoms with E-state index in [0.717, 1.165) is 6.20 Å². The lowest BCUT2D eigenvalue weighted by Gasteiger charge is -2.09. The molecule has 112 valence electrons. The summed E-state index contributed by atoms with van der Waals surface area (Å²) in [6, 6.07) is 4.84. The summed E-state index contributed by atoms with van der Waals surface area (Å²) in [7, 11) is 0. The number of anilines is 1. The molecule has 0 amide bonds. The molecule has 0 unspecified atom stereocenters. The predicted molar refractivity (Wildman–Crippen MR) is 81.8 cm³/mol. The minimum Gasteiger partial charge on any atom is -0.478 e. The average Bonchev–Trinajstić information content (AvgIpc) is 2.40. The molecule has 0 atom stereocenters. The average molecular weight is 330 g/mol. The zero-order chi connectivity index (χ0) is 16.2. The van der Waals surface area contributed by atoms with Crippen molar-refractivity contribution < 1.29 is 19.8 Å². The van der Waals surface area contributed by atoms with Gasteiger partial charge in [-0.25, -0.2) is 9.59 Å². The lowest BCUT2D eigenvalue weighted by Crippen LogP contribution is -2.09. The lowest BCUT2D eigenvalue weighted by atomic mass is 10.0. The smallest absolute Gasteiger partial charge is 0.337 e. The number of hydrogen-bond acceptors (Lipinski definition) is 3. The molecule has 0 bridgehead atoms. The number of halogens is 2. The van der Waals surface area contributed by atoms with E-state index >= 15 is 0 Å². The molecule has 7 heteroatoms. The molecule has 0 heterocycles. The largest absolute Gasteiger partial charge is 0.478 e. The Bertz CT molecular complexity index is 630. The van der Waals surface area contributed by atoms with Gasteiger partial charge < -0.3 is 15.5 Å². The van der Waals surface area contributed by atoms with E-state index in [1.165, 1.54) is 13.8 Å². The molecule has 0 saturated heterocycles. The first-order valence-corrected chi connectivity index (χ1v) is 6.56. The zero-order valence-electron chi connectivity index (χ0n) is 11.3. The van der Waals surface area contributed by atoms with Crippen LogP contribution >= 0.6 is 23.2 Å². The molecule has 1 rings (SSSR count). The maximum Gasteiger partial charge on any atom is 0.337 e. The summed E-state index contributed by atoms with van der Waals surface area (Å²) in [5.41, 5.74) is 0.229. The molecular weight excluding hydrogens is 317 g/mol. The number of benzene rings is 1. The topological polar surface area (TPSA) is 86.6 Å². The predicted octanol–water partition coefficient (Wildman–Crippen LogP) is 3.79. The van der Waals surface area contributed by atoms with Crippen molar-refractivity contribution in [2.24, 2.45) is 0 Å². The molecule has 0 aromatic heterocycles. The van der Waals surface area contributed by atoms with Gasteiger partial charge in [-0.15, -0.1) is 0 Å². The minimum atomic E-state index is -1.26. The normalized spacial score (nSPS) is 12.7. The van der Waals surface area contributed by atoms with Gasteiger partial charge in [0.25, 0.3) is 0 Å². The molecule has 3 N–H and O–H groups in total. The number of nitrogens with one attached hydrogen (secondary N) is 1. The summed E-state index contributed by atoms with van der Waals surface area (Å²) in [6.07, 6.45) is 1.16. The van der Waals surface area contributed by atoms with Crippen LogP contribution in [0.1, 0.15) is 13.8 Å². The summed E-state index contributed by atoms with van der Waals surface area (Å²) in [6.45, 7) is 2.75. The van der Waals surface area contributed by atoms with Gasteiger partial charge in [0.1, 0.15) is 0 Å². The summed E-state index contributed by atoms with van der Waals surface area (Å²) >= 11 is 11.9. The molecule has 1 aromatic carbocycles. The van der Waals surface area contributed by atoms with E-state index in [-0.39, 0.29) is 16.7 Å². The van der Waals surface area contributed by atoms with Crippen LogP contribution in [-0.4, -0.2) is 22.2 Å². The number of hydrogen-bond donors (Lipinski definition) is 3. The second kappa shape index (κ2) is 7.15. The summed E-state index contributed by atoms with van der Waals surface area (Å²) in [4.78, 5) is 22.2. The van der Waals surface area contributed by atoms with E-state index in [4.69, 9.17) is 28.3 Å². The Hall–Kier alpha value is -1.98. The fourth-order valence-electron chi connectivity index (χ4n) is 1.47. The Labute approximate surface area is 131 Å². The molecule has 0 aliphatic carbocycles. The van der Waals surface area contributed by atoms with E-state index in [0.29, 0.717) is 15.7 Å². The third kappa shape index (κ3) is 4.24. The summed E-state index contributed by atoms with van der Waals surface area (Å²) in [5.74, 6) is -2.45. The van der Waals surface area contributed by atoms with Crippen LogP contribution in [0.5, 0.6) is 0 Å². The van der Waals surface area contributed by atoms with Crippen LogP contribution in [0.15, 0.2) is 41.1 Å². The van der Waals surface area contributed by atoms with Crippen LogP contribution in [0.2, 0.25) is 10.0 Å². The first kappa shape index (κ1) is 17.1. The van der Waals surface area contributed by atoms with Gasteiger partial charge in [-0.05, 0) is 31.6 Å². The van der Waals surface area contributed by atoms with Crippen molar-refractivity contribution in [1.82, 2.24) is 0 Å². The van der Waals surface area contributed by atoms with Crippen molar-refractivity contribution in [3.63, 3.8) is 0 Å². The van der Waals surface area contributed by atoms with E-state index in [9.17, 15) is 14.7 Å². The van der Waals surface area contributed by atoms with Gasteiger partial charge in [0.2, 0.25) is 0 Å². The van der Waals surface area contributed by atoms with Crippen LogP contribution in [0.3, 0.4) is 0 Å². The Kier molecular flexibility index (Phi) is 5.81. The van der Waals surface area contributed by atoms with Gasteiger partial charge in [-0.3, -0.25) is 0 Å². The van der Waals surface area contributed by atoms with Gasteiger partial charge >= 0.3 is 11.9 Å². The molecule has 0 radical (unpaired) electrons. The highest BCUT2D eigenvalue weighted by Gasteiger charge is 2.16. The molecular formula is C14H13Cl2NO4. The highest BCUT2D eigenvalue weighted by Crippen LogP contribution is 2.30. The fourth-order valence-corrected chi connectivity index (χ4v) is 1.98. The molecule has 0 saturated carbocycles. The van der Waals surface area contributed by atoms with Crippen LogP contribution in [0.4, 0.5) is 5.69 Å². The number of carboxylic acid groups (broad SMARTS) is 2. The zero-order valence-corrected chi connectivity index (χ0v) is 12.8. The van der Waals surface area contributed by atoms with Crippen LogP contribution < -0.4 is 5.32 Å². The molecule has 0 spiro atoms. The molecule has 5 nitrogen and oxygen atoms in total. The third-order valence-electron chi connectivity index (χ3n) is 2.84. The Balaban J connectivity index is 3.22. The van der Waals surface area contributed by atoms with Gasteiger partial charge in [0.05, 0.1) is 21.3 Å². The Morgan fingerprint density at radius 1 is 1.05 bits per heavy atom. The van der Waals surface area contributed by atoms with Gasteiger partial charge in [0.15, 0.2) is 0 Å². The van der Waals surface area contributed by atoms with Crippen molar-refractivity contribution in [3.05, 3.63) is 51.2 Å². The number of carbonyl (C=O) groups is 2. The van der Waals surface area contributed by atoms with Crippen molar-refractivity contribution in [2.75, 3.05) is 5.32 Å². The van der Waals surface area contributed by atoms with E-state index in [1.807, 2.05) is 0 Å². The maximum atomic E-state index is 11.3. The standard InChI is InChI=1S/C14H13Cl2NO4/c1-7(8(2)13(18)19)9(14(20)21)6-17-12-10(15)4-3-5-11(12)16/h3-6,17H,1-2H3,(H,18,19)(H,20,21)/b8-7+,9-6?. The van der Waals surface area contributed by atoms with Crippen LogP contribution in [0, 0.1) is 0 Å². The fraction of sp³-hybridized carbons (Fsp3) is 0.143. The van der Waals surface area contributed by atoms with Crippen LogP contribution in [-0.2, 0) is 9.59 Å². The highest BCUT2D eigenvalue weighted by molar-refractivity contribution is 6.39. The monoisotopic (exact) mass is 329 g/mol. The Morgan fingerprint density at radius 2 is 1.57 bits per heavy atom. The first-order chi connectivity index (χ1) is 9.75. The highest BCUT2D eigenvalue weighted by atomic mass is 35.5. The van der Waals surface area contributed by atoms with E-state index < -0.39 is 11.9 Å². The van der Waals surface area contributed by atoms with Gasteiger partial charge in [0, 0.05) is 11.8 Å². The van der Waals surface area contributed by atoms with Crippen molar-refractivity contribution in [2.45, 2.75) is 13.8 Å².